The molecule has 0 radical (unpaired) electrons. The van der Waals surface area contributed by atoms with Gasteiger partial charge in [0.2, 0.25) is 0 Å². The number of likely N-dealkylation sites (N-methyl/N-ethyl adjacent to an activating group) is 1. The van der Waals surface area contributed by atoms with Gasteiger partial charge in [-0.25, -0.2) is 4.79 Å². The van der Waals surface area contributed by atoms with E-state index in [-0.39, 0.29) is 11.9 Å². The summed E-state index contributed by atoms with van der Waals surface area (Å²) in [6.07, 6.45) is 4.62. The van der Waals surface area contributed by atoms with Crippen molar-refractivity contribution >= 4 is 23.6 Å². The van der Waals surface area contributed by atoms with Crippen molar-refractivity contribution in [2.75, 3.05) is 7.05 Å². The van der Waals surface area contributed by atoms with Gasteiger partial charge in [0.25, 0.3) is 5.91 Å². The van der Waals surface area contributed by atoms with Gasteiger partial charge in [0.15, 0.2) is 6.10 Å². The predicted molar refractivity (Wildman–Crippen MR) is 116 cm³/mol. The van der Waals surface area contributed by atoms with Gasteiger partial charge in [-0.3, -0.25) is 4.79 Å². The first-order chi connectivity index (χ1) is 14.5. The number of ether oxygens (including phenoxy) is 1. The zero-order valence-corrected chi connectivity index (χ0v) is 18.2. The fourth-order valence-corrected chi connectivity index (χ4v) is 4.72. The Hall–Kier alpha value is -2.78. The van der Waals surface area contributed by atoms with Crippen molar-refractivity contribution in [2.45, 2.75) is 61.0 Å². The van der Waals surface area contributed by atoms with Crippen LogP contribution in [0.1, 0.15) is 54.9 Å². The second-order valence-electron chi connectivity index (χ2n) is 7.49. The lowest BCUT2D eigenvalue weighted by Crippen LogP contribution is -2.44. The lowest BCUT2D eigenvalue weighted by molar-refractivity contribution is -0.141. The number of benzene rings is 2. The van der Waals surface area contributed by atoms with Crippen LogP contribution in [0.2, 0.25) is 0 Å². The molecule has 0 bridgehead atoms. The molecule has 3 rings (SSSR count). The van der Waals surface area contributed by atoms with E-state index in [1.807, 2.05) is 24.3 Å². The van der Waals surface area contributed by atoms with Crippen LogP contribution in [0.4, 0.5) is 0 Å². The summed E-state index contributed by atoms with van der Waals surface area (Å²) in [6, 6.07) is 16.7. The van der Waals surface area contributed by atoms with Crippen LogP contribution >= 0.6 is 11.8 Å². The molecule has 1 amide bonds. The van der Waals surface area contributed by atoms with Gasteiger partial charge in [-0.1, -0.05) is 55.3 Å². The summed E-state index contributed by atoms with van der Waals surface area (Å²) in [6.45, 7) is 1.63. The average Bonchev–Trinajstić information content (AvgIpc) is 2.79. The van der Waals surface area contributed by atoms with Crippen LogP contribution in [0.25, 0.3) is 0 Å². The Labute approximate surface area is 182 Å². The standard InChI is InChI=1S/C24H26N2O3S/c1-17(23(27)26(2)19-11-4-3-5-12-19)29-24(28)20-13-7-9-15-22(20)30-21-14-8-6-10-18(21)16-25/h6-10,13-15,17,19H,3-5,11-12H2,1-2H3/t17-/m0/s1. The molecule has 1 atom stereocenters. The molecule has 0 aliphatic heterocycles. The third-order valence-corrected chi connectivity index (χ3v) is 6.59. The number of hydrogen-bond donors (Lipinski definition) is 0. The highest BCUT2D eigenvalue weighted by molar-refractivity contribution is 7.99. The number of rotatable bonds is 6. The molecule has 2 aromatic carbocycles. The van der Waals surface area contributed by atoms with E-state index in [9.17, 15) is 14.9 Å². The first-order valence-corrected chi connectivity index (χ1v) is 11.1. The molecule has 1 aliphatic carbocycles. The molecule has 0 N–H and O–H groups in total. The Morgan fingerprint density at radius 2 is 1.70 bits per heavy atom. The van der Waals surface area contributed by atoms with E-state index in [1.165, 1.54) is 18.2 Å². The lowest BCUT2D eigenvalue weighted by Gasteiger charge is -2.32. The Bertz CT molecular complexity index is 947. The Morgan fingerprint density at radius 3 is 2.40 bits per heavy atom. The molecule has 0 aromatic heterocycles. The summed E-state index contributed by atoms with van der Waals surface area (Å²) in [5, 5.41) is 9.32. The van der Waals surface area contributed by atoms with E-state index in [0.717, 1.165) is 30.6 Å². The van der Waals surface area contributed by atoms with Gasteiger partial charge >= 0.3 is 5.97 Å². The molecule has 1 fully saturated rings. The average molecular weight is 423 g/mol. The van der Waals surface area contributed by atoms with E-state index in [1.54, 1.807) is 43.1 Å². The fraction of sp³-hybridized carbons (Fsp3) is 0.375. The minimum atomic E-state index is -0.853. The highest BCUT2D eigenvalue weighted by Crippen LogP contribution is 2.33. The third kappa shape index (κ3) is 5.22. The molecule has 1 aliphatic rings. The number of hydrogen-bond acceptors (Lipinski definition) is 5. The highest BCUT2D eigenvalue weighted by Gasteiger charge is 2.28. The Kier molecular flexibility index (Phi) is 7.53. The highest BCUT2D eigenvalue weighted by atomic mass is 32.2. The Morgan fingerprint density at radius 1 is 1.07 bits per heavy atom. The summed E-state index contributed by atoms with van der Waals surface area (Å²) >= 11 is 1.34. The number of nitriles is 1. The molecule has 0 unspecified atom stereocenters. The van der Waals surface area contributed by atoms with Crippen molar-refractivity contribution in [3.05, 3.63) is 59.7 Å². The molecular formula is C24H26N2O3S. The molecule has 156 valence electrons. The third-order valence-electron chi connectivity index (χ3n) is 5.44. The fourth-order valence-electron chi connectivity index (χ4n) is 3.70. The summed E-state index contributed by atoms with van der Waals surface area (Å²) in [4.78, 5) is 28.8. The number of carbonyl (C=O) groups is 2. The van der Waals surface area contributed by atoms with Gasteiger partial charge in [0.05, 0.1) is 11.1 Å². The topological polar surface area (TPSA) is 70.4 Å². The maximum Gasteiger partial charge on any atom is 0.340 e. The molecule has 0 heterocycles. The second kappa shape index (κ2) is 10.3. The smallest absolute Gasteiger partial charge is 0.340 e. The largest absolute Gasteiger partial charge is 0.449 e. The monoisotopic (exact) mass is 422 g/mol. The van der Waals surface area contributed by atoms with Gasteiger partial charge in [-0.05, 0) is 44.0 Å². The first-order valence-electron chi connectivity index (χ1n) is 10.2. The van der Waals surface area contributed by atoms with E-state index >= 15 is 0 Å². The van der Waals surface area contributed by atoms with Crippen molar-refractivity contribution in [3.8, 4) is 6.07 Å². The molecule has 2 aromatic rings. The van der Waals surface area contributed by atoms with Crippen LogP contribution in [-0.4, -0.2) is 36.0 Å². The minimum Gasteiger partial charge on any atom is -0.449 e. The molecular weight excluding hydrogens is 396 g/mol. The summed E-state index contributed by atoms with van der Waals surface area (Å²) in [5.74, 6) is -0.708. The normalized spacial score (nSPS) is 15.1. The maximum absolute atomic E-state index is 12.9. The zero-order chi connectivity index (χ0) is 21.5. The van der Waals surface area contributed by atoms with Crippen molar-refractivity contribution in [1.29, 1.82) is 5.26 Å². The van der Waals surface area contributed by atoms with Gasteiger partial charge in [-0.15, -0.1) is 0 Å². The summed E-state index contributed by atoms with van der Waals surface area (Å²) < 4.78 is 5.54. The quantitative estimate of drug-likeness (QED) is 0.610. The van der Waals surface area contributed by atoms with E-state index in [0.29, 0.717) is 16.0 Å². The van der Waals surface area contributed by atoms with Gasteiger partial charge < -0.3 is 9.64 Å². The Balaban J connectivity index is 1.71. The van der Waals surface area contributed by atoms with Gasteiger partial charge in [-0.2, -0.15) is 5.26 Å². The second-order valence-corrected chi connectivity index (χ2v) is 8.58. The summed E-state index contributed by atoms with van der Waals surface area (Å²) in [7, 11) is 1.80. The van der Waals surface area contributed by atoms with E-state index in [4.69, 9.17) is 4.74 Å². The van der Waals surface area contributed by atoms with Crippen LogP contribution in [-0.2, 0) is 9.53 Å². The van der Waals surface area contributed by atoms with Crippen molar-refractivity contribution in [3.63, 3.8) is 0 Å². The van der Waals surface area contributed by atoms with E-state index in [2.05, 4.69) is 6.07 Å². The van der Waals surface area contributed by atoms with Crippen LogP contribution in [0.5, 0.6) is 0 Å². The molecule has 6 heteroatoms. The molecule has 0 saturated heterocycles. The summed E-state index contributed by atoms with van der Waals surface area (Å²) in [5.41, 5.74) is 0.929. The first kappa shape index (κ1) is 21.9. The molecule has 0 spiro atoms. The zero-order valence-electron chi connectivity index (χ0n) is 17.3. The van der Waals surface area contributed by atoms with E-state index < -0.39 is 12.1 Å². The van der Waals surface area contributed by atoms with Crippen LogP contribution in [0, 0.1) is 11.3 Å². The van der Waals surface area contributed by atoms with Crippen molar-refractivity contribution in [2.24, 2.45) is 0 Å². The number of esters is 1. The van der Waals surface area contributed by atoms with Crippen molar-refractivity contribution in [1.82, 2.24) is 4.90 Å². The molecule has 30 heavy (non-hydrogen) atoms. The number of nitrogens with zero attached hydrogens (tertiary/aromatic N) is 2. The van der Waals surface area contributed by atoms with Gasteiger partial charge in [0.1, 0.15) is 6.07 Å². The maximum atomic E-state index is 12.9. The minimum absolute atomic E-state index is 0.171. The molecule has 5 nitrogen and oxygen atoms in total. The molecule has 1 saturated carbocycles. The van der Waals surface area contributed by atoms with Gasteiger partial charge in [0, 0.05) is 22.9 Å². The number of carbonyl (C=O) groups excluding carboxylic acids is 2. The van der Waals surface area contributed by atoms with Crippen LogP contribution in [0.15, 0.2) is 58.3 Å². The predicted octanol–water partition coefficient (Wildman–Crippen LogP) is 5.05. The van der Waals surface area contributed by atoms with Crippen LogP contribution < -0.4 is 0 Å². The van der Waals surface area contributed by atoms with Crippen LogP contribution in [0.3, 0.4) is 0 Å². The lowest BCUT2D eigenvalue weighted by atomic mass is 9.94. The van der Waals surface area contributed by atoms with Crippen molar-refractivity contribution < 1.29 is 14.3 Å². The number of amides is 1. The SMILES string of the molecule is C[C@H](OC(=O)c1ccccc1Sc1ccccc1C#N)C(=O)N(C)C1CCCCC1.